The van der Waals surface area contributed by atoms with Gasteiger partial charge in [-0.2, -0.15) is 0 Å². The van der Waals surface area contributed by atoms with Crippen molar-refractivity contribution in [1.82, 2.24) is 0 Å². The van der Waals surface area contributed by atoms with Crippen LogP contribution in [0.3, 0.4) is 0 Å². The predicted octanol–water partition coefficient (Wildman–Crippen LogP) is 7.93. The summed E-state index contributed by atoms with van der Waals surface area (Å²) in [6.07, 6.45) is 4.32. The van der Waals surface area contributed by atoms with E-state index in [-0.39, 0.29) is 22.8 Å². The van der Waals surface area contributed by atoms with Crippen LogP contribution in [-0.4, -0.2) is 27.6 Å². The Balaban J connectivity index is 1.65. The molecule has 1 atom stereocenters. The molecule has 1 spiro atoms. The van der Waals surface area contributed by atoms with E-state index in [1.807, 2.05) is 0 Å². The van der Waals surface area contributed by atoms with Gasteiger partial charge in [0.1, 0.15) is 0 Å². The normalized spacial score (nSPS) is 19.0. The molecule has 0 saturated carbocycles. The van der Waals surface area contributed by atoms with Gasteiger partial charge >= 0.3 is 6.03 Å². The third kappa shape index (κ3) is 3.88. The Kier molecular flexibility index (Phi) is 5.46. The summed E-state index contributed by atoms with van der Waals surface area (Å²) >= 11 is 0. The van der Waals surface area contributed by atoms with E-state index < -0.39 is 6.03 Å². The summed E-state index contributed by atoms with van der Waals surface area (Å²) in [5, 5.41) is 0. The lowest BCUT2D eigenvalue weighted by atomic mass is 9.79. The fourth-order valence-corrected chi connectivity index (χ4v) is 5.78. The molecule has 6 rings (SSSR count). The first-order valence-corrected chi connectivity index (χ1v) is 14.1. The zero-order valence-corrected chi connectivity index (χ0v) is 25.1. The highest BCUT2D eigenvalue weighted by molar-refractivity contribution is 5.87. The zero-order valence-electron chi connectivity index (χ0n) is 25.1. The van der Waals surface area contributed by atoms with Crippen LogP contribution in [0.1, 0.15) is 95.7 Å². The number of hydrogen-bond donors (Lipinski definition) is 0. The average Bonchev–Trinajstić information content (AvgIpc) is 3.13. The highest BCUT2D eigenvalue weighted by Gasteiger charge is 2.73. The van der Waals surface area contributed by atoms with Crippen molar-refractivity contribution in [1.29, 1.82) is 0 Å². The first kappa shape index (κ1) is 26.3. The van der Waals surface area contributed by atoms with E-state index in [9.17, 15) is 0 Å². The Labute approximate surface area is 238 Å². The highest BCUT2D eigenvalue weighted by atomic mass is 16.7. The van der Waals surface area contributed by atoms with E-state index in [1.54, 1.807) is 0 Å². The van der Waals surface area contributed by atoms with Crippen molar-refractivity contribution in [3.05, 3.63) is 93.3 Å². The topological polar surface area (TPSA) is 28.8 Å². The van der Waals surface area contributed by atoms with Crippen LogP contribution in [0.25, 0.3) is 4.85 Å². The third-order valence-corrected chi connectivity index (χ3v) is 8.12. The van der Waals surface area contributed by atoms with Gasteiger partial charge in [-0.1, -0.05) is 80.5 Å². The maximum absolute atomic E-state index is 7.68. The van der Waals surface area contributed by atoms with E-state index in [4.69, 9.17) is 16.0 Å². The molecule has 0 amide bonds. The van der Waals surface area contributed by atoms with Gasteiger partial charge in [-0.05, 0) is 54.7 Å². The van der Waals surface area contributed by atoms with E-state index in [2.05, 4.69) is 137 Å². The van der Waals surface area contributed by atoms with E-state index in [1.165, 1.54) is 11.1 Å². The third-order valence-electron chi connectivity index (χ3n) is 8.12. The Hall–Kier alpha value is -3.91. The molecule has 3 aliphatic heterocycles. The molecule has 1 unspecified atom stereocenters. The molecule has 0 fully saturated rings. The van der Waals surface area contributed by atoms with E-state index >= 15 is 0 Å². The van der Waals surface area contributed by atoms with Gasteiger partial charge in [0, 0.05) is 17.7 Å². The molecule has 204 valence electrons. The summed E-state index contributed by atoms with van der Waals surface area (Å²) in [5.41, 5.74) is 8.27. The molecule has 5 heteroatoms. The number of hydrogen-bond acceptors (Lipinski definition) is 2. The van der Waals surface area contributed by atoms with Gasteiger partial charge in [-0.3, -0.25) is 0 Å². The summed E-state index contributed by atoms with van der Waals surface area (Å²) in [6, 6.07) is 15.9. The fourth-order valence-electron chi connectivity index (χ4n) is 5.78. The van der Waals surface area contributed by atoms with Crippen molar-refractivity contribution in [2.45, 2.75) is 91.1 Å². The van der Waals surface area contributed by atoms with Gasteiger partial charge in [0.05, 0.1) is 16.7 Å². The van der Waals surface area contributed by atoms with Crippen LogP contribution >= 0.6 is 0 Å². The van der Waals surface area contributed by atoms with E-state index in [0.717, 1.165) is 39.4 Å². The van der Waals surface area contributed by atoms with Crippen molar-refractivity contribution >= 4 is 23.8 Å². The summed E-state index contributed by atoms with van der Waals surface area (Å²) in [6.45, 7) is 28.0. The van der Waals surface area contributed by atoms with Gasteiger partial charge in [-0.25, -0.2) is 6.57 Å². The molecule has 0 radical (unpaired) electrons. The minimum Gasteiger partial charge on any atom is -0.339 e. The maximum Gasteiger partial charge on any atom is 0.715 e. The number of ether oxygens (including phenoxy) is 2. The largest absolute Gasteiger partial charge is 0.715 e. The first-order chi connectivity index (χ1) is 18.6. The summed E-state index contributed by atoms with van der Waals surface area (Å²) < 4.78 is 18.4. The molecule has 0 aromatic heterocycles. The molecule has 0 N–H and O–H groups in total. The number of nitrogens with zero attached hydrogens (tertiary/aromatic N) is 3. The second-order valence-electron chi connectivity index (χ2n) is 14.3. The lowest BCUT2D eigenvalue weighted by Crippen LogP contribution is -2.59. The van der Waals surface area contributed by atoms with Crippen molar-refractivity contribution in [3.8, 4) is 11.5 Å². The SMILES string of the molecule is [C-]#[N+]Cc1cc(C(C)(C)C)cc2c1OC13Oc4c(cc(C(C)(C)C)cc4C(C)(C)C)C=[N+]1c1ccccc1[N+]3=C2. The van der Waals surface area contributed by atoms with Gasteiger partial charge in [0.25, 0.3) is 11.4 Å². The first-order valence-electron chi connectivity index (χ1n) is 14.1. The number of fused-ring (bicyclic) bond motifs is 5. The van der Waals surface area contributed by atoms with Crippen molar-refractivity contribution in [2.75, 3.05) is 0 Å². The van der Waals surface area contributed by atoms with Crippen LogP contribution in [0, 0.1) is 6.57 Å². The second kappa shape index (κ2) is 8.30. The molecule has 3 aliphatic rings. The number of para-hydroxylation sites is 2. The minimum absolute atomic E-state index is 0.0135. The molecule has 0 bridgehead atoms. The number of rotatable bonds is 1. The molecule has 0 saturated heterocycles. The van der Waals surface area contributed by atoms with Crippen molar-refractivity contribution in [3.63, 3.8) is 0 Å². The quantitative estimate of drug-likeness (QED) is 0.235. The molecular formula is C35H39N3O2+2. The van der Waals surface area contributed by atoms with Gasteiger partial charge in [0.15, 0.2) is 23.9 Å². The average molecular weight is 534 g/mol. The van der Waals surface area contributed by atoms with Crippen LogP contribution in [0.5, 0.6) is 11.5 Å². The minimum atomic E-state index is -1.27. The smallest absolute Gasteiger partial charge is 0.339 e. The molecule has 40 heavy (non-hydrogen) atoms. The van der Waals surface area contributed by atoms with Gasteiger partial charge in [-0.15, -0.1) is 0 Å². The van der Waals surface area contributed by atoms with Crippen LogP contribution in [-0.2, 0) is 22.8 Å². The molecule has 3 aromatic carbocycles. The Morgan fingerprint density at radius 3 is 1.70 bits per heavy atom. The Morgan fingerprint density at radius 2 is 1.20 bits per heavy atom. The summed E-state index contributed by atoms with van der Waals surface area (Å²) in [5.74, 6) is 1.54. The second-order valence-corrected chi connectivity index (χ2v) is 14.3. The van der Waals surface area contributed by atoms with E-state index in [0.29, 0.717) is 5.75 Å². The summed E-state index contributed by atoms with van der Waals surface area (Å²) in [4.78, 5) is 3.76. The van der Waals surface area contributed by atoms with Crippen LogP contribution < -0.4 is 9.47 Å². The van der Waals surface area contributed by atoms with Gasteiger partial charge < -0.3 is 14.3 Å². The fraction of sp³-hybridized carbons (Fsp3) is 0.400. The highest BCUT2D eigenvalue weighted by Crippen LogP contribution is 2.51. The van der Waals surface area contributed by atoms with Crippen LogP contribution in [0.4, 0.5) is 11.4 Å². The van der Waals surface area contributed by atoms with Crippen molar-refractivity contribution in [2.24, 2.45) is 0 Å². The van der Waals surface area contributed by atoms with Gasteiger partial charge in [0.2, 0.25) is 6.54 Å². The number of benzene rings is 3. The lowest BCUT2D eigenvalue weighted by molar-refractivity contribution is -0.831. The standard InChI is InChI=1S/C35H39N3O2/c1-32(2,3)25-15-22(19-36-10)30-23(16-25)20-37-28-13-11-12-14-29(28)38-21-24-17-26(33(4,5)6)18-27(34(7,8)9)31(24)40-35(37,38)39-30/h11-18,20-21H,19H2,1-9H3/q+2. The molecule has 0 aliphatic carbocycles. The monoisotopic (exact) mass is 533 g/mol. The van der Waals surface area contributed by atoms with Crippen LogP contribution in [0.2, 0.25) is 0 Å². The Morgan fingerprint density at radius 1 is 0.700 bits per heavy atom. The predicted molar refractivity (Wildman–Crippen MR) is 160 cm³/mol. The van der Waals surface area contributed by atoms with Crippen LogP contribution in [0.15, 0.2) is 48.5 Å². The molecular weight excluding hydrogens is 494 g/mol. The summed E-state index contributed by atoms with van der Waals surface area (Å²) in [7, 11) is 0. The maximum atomic E-state index is 7.68. The Bertz CT molecular complexity index is 1680. The zero-order chi connectivity index (χ0) is 28.8. The molecule has 3 heterocycles. The molecule has 5 nitrogen and oxygen atoms in total. The van der Waals surface area contributed by atoms with Crippen molar-refractivity contribution < 1.29 is 18.6 Å². The molecule has 3 aromatic rings. The lowest BCUT2D eigenvalue weighted by Gasteiger charge is -2.32.